The van der Waals surface area contributed by atoms with E-state index in [2.05, 4.69) is 26.8 Å². The van der Waals surface area contributed by atoms with Gasteiger partial charge in [0.15, 0.2) is 5.78 Å². The molecule has 164 valence electrons. The molecule has 5 aliphatic rings. The molecule has 0 bridgehead atoms. The maximum atomic E-state index is 12.1. The molecular weight excluding hydrogens is 376 g/mol. The number of allylic oxidation sites excluding steroid dienone is 1. The molecule has 3 saturated carbocycles. The van der Waals surface area contributed by atoms with Crippen molar-refractivity contribution in [2.45, 2.75) is 78.4 Å². The van der Waals surface area contributed by atoms with Crippen LogP contribution in [0.3, 0.4) is 0 Å². The van der Waals surface area contributed by atoms with Crippen molar-refractivity contribution in [3.05, 3.63) is 23.8 Å². The van der Waals surface area contributed by atoms with E-state index < -0.39 is 0 Å². The molecule has 1 saturated heterocycles. The van der Waals surface area contributed by atoms with Crippen molar-refractivity contribution in [3.63, 3.8) is 0 Å². The molecule has 5 rings (SSSR count). The summed E-state index contributed by atoms with van der Waals surface area (Å²) in [5.74, 6) is 2.99. The number of hydrogen-bond donors (Lipinski definition) is 0. The van der Waals surface area contributed by atoms with Crippen LogP contribution in [0, 0.1) is 40.4 Å². The Balaban J connectivity index is 1.39. The fourth-order valence-corrected chi connectivity index (χ4v) is 8.27. The molecule has 9 atom stereocenters. The van der Waals surface area contributed by atoms with Crippen LogP contribution in [0.2, 0.25) is 0 Å². The fourth-order valence-electron chi connectivity index (χ4n) is 8.27. The predicted octanol–water partition coefficient (Wildman–Crippen LogP) is 4.88. The molecule has 2 unspecified atom stereocenters. The van der Waals surface area contributed by atoms with E-state index in [1.807, 2.05) is 13.0 Å². The highest BCUT2D eigenvalue weighted by Crippen LogP contribution is 2.70. The van der Waals surface area contributed by atoms with E-state index in [4.69, 9.17) is 9.47 Å². The van der Waals surface area contributed by atoms with Gasteiger partial charge in [-0.25, -0.2) is 4.79 Å². The van der Waals surface area contributed by atoms with E-state index in [0.717, 1.165) is 6.42 Å². The van der Waals surface area contributed by atoms with Gasteiger partial charge in [0.2, 0.25) is 0 Å². The van der Waals surface area contributed by atoms with Crippen LogP contribution < -0.4 is 0 Å². The molecule has 4 aliphatic carbocycles. The van der Waals surface area contributed by atoms with Crippen molar-refractivity contribution in [2.24, 2.45) is 40.4 Å². The number of esters is 1. The van der Waals surface area contributed by atoms with E-state index in [9.17, 15) is 9.59 Å². The Kier molecular flexibility index (Phi) is 4.81. The third kappa shape index (κ3) is 2.89. The Bertz CT molecular complexity index is 812. The van der Waals surface area contributed by atoms with E-state index in [-0.39, 0.29) is 17.5 Å². The SMILES string of the molecule is CCOC(=O)/C=C/[C@@H](C)[C@H]1CC[C@H]2[C@@H]3C4OC4C4=CC(=O)CC[C@]4(C)[C@H]3CC[C@]12C. The lowest BCUT2D eigenvalue weighted by Crippen LogP contribution is -2.53. The normalized spacial score (nSPS) is 47.6. The van der Waals surface area contributed by atoms with E-state index >= 15 is 0 Å². The van der Waals surface area contributed by atoms with Gasteiger partial charge in [0.25, 0.3) is 0 Å². The summed E-state index contributed by atoms with van der Waals surface area (Å²) in [4.78, 5) is 23.9. The van der Waals surface area contributed by atoms with Crippen molar-refractivity contribution in [1.29, 1.82) is 0 Å². The first-order valence-corrected chi connectivity index (χ1v) is 12.0. The topological polar surface area (TPSA) is 55.9 Å². The van der Waals surface area contributed by atoms with Gasteiger partial charge in [0.1, 0.15) is 6.10 Å². The average molecular weight is 413 g/mol. The zero-order chi connectivity index (χ0) is 21.3. The number of epoxide rings is 1. The Hall–Kier alpha value is -1.42. The maximum absolute atomic E-state index is 12.1. The minimum absolute atomic E-state index is 0.144. The molecule has 0 aromatic carbocycles. The molecule has 1 heterocycles. The molecule has 0 aromatic heterocycles. The average Bonchev–Trinajstić information content (AvgIpc) is 3.42. The summed E-state index contributed by atoms with van der Waals surface area (Å²) in [6.07, 6.45) is 12.8. The largest absolute Gasteiger partial charge is 0.463 e. The molecule has 0 aromatic rings. The lowest BCUT2D eigenvalue weighted by molar-refractivity contribution is -0.137. The van der Waals surface area contributed by atoms with Crippen molar-refractivity contribution in [1.82, 2.24) is 0 Å². The molecule has 0 amide bonds. The highest BCUT2D eigenvalue weighted by atomic mass is 16.6. The summed E-state index contributed by atoms with van der Waals surface area (Å²) in [5.41, 5.74) is 1.76. The van der Waals surface area contributed by atoms with E-state index in [0.29, 0.717) is 59.9 Å². The second-order valence-electron chi connectivity index (χ2n) is 11.0. The number of ether oxygens (including phenoxy) is 2. The molecule has 4 heteroatoms. The molecule has 4 fully saturated rings. The van der Waals surface area contributed by atoms with E-state index in [1.165, 1.54) is 31.3 Å². The minimum Gasteiger partial charge on any atom is -0.463 e. The Labute approximate surface area is 180 Å². The zero-order valence-electron chi connectivity index (χ0n) is 18.9. The first kappa shape index (κ1) is 20.5. The summed E-state index contributed by atoms with van der Waals surface area (Å²) in [7, 11) is 0. The van der Waals surface area contributed by atoms with Crippen LogP contribution in [0.15, 0.2) is 23.8 Å². The Morgan fingerprint density at radius 2 is 2.07 bits per heavy atom. The second kappa shape index (κ2) is 7.05. The first-order chi connectivity index (χ1) is 14.3. The lowest BCUT2D eigenvalue weighted by atomic mass is 9.46. The van der Waals surface area contributed by atoms with Crippen LogP contribution >= 0.6 is 0 Å². The van der Waals surface area contributed by atoms with Gasteiger partial charge in [-0.05, 0) is 91.1 Å². The molecule has 0 N–H and O–H groups in total. The fraction of sp³-hybridized carbons (Fsp3) is 0.769. The summed E-state index contributed by atoms with van der Waals surface area (Å²) >= 11 is 0. The van der Waals surface area contributed by atoms with Gasteiger partial charge in [-0.2, -0.15) is 0 Å². The van der Waals surface area contributed by atoms with Crippen LogP contribution in [0.1, 0.15) is 66.2 Å². The van der Waals surface area contributed by atoms with Crippen LogP contribution in [0.4, 0.5) is 0 Å². The number of carbonyl (C=O) groups excluding carboxylic acids is 2. The van der Waals surface area contributed by atoms with Gasteiger partial charge in [-0.1, -0.05) is 26.8 Å². The van der Waals surface area contributed by atoms with E-state index in [1.54, 1.807) is 6.08 Å². The zero-order valence-corrected chi connectivity index (χ0v) is 18.9. The lowest BCUT2D eigenvalue weighted by Gasteiger charge is -2.57. The third-order valence-electron chi connectivity index (χ3n) is 9.76. The van der Waals surface area contributed by atoms with Crippen LogP contribution in [-0.4, -0.2) is 30.6 Å². The van der Waals surface area contributed by atoms with Crippen molar-refractivity contribution in [3.8, 4) is 0 Å². The van der Waals surface area contributed by atoms with Crippen molar-refractivity contribution < 1.29 is 19.1 Å². The van der Waals surface area contributed by atoms with Gasteiger partial charge >= 0.3 is 5.97 Å². The van der Waals surface area contributed by atoms with Gasteiger partial charge < -0.3 is 9.47 Å². The Morgan fingerprint density at radius 3 is 2.83 bits per heavy atom. The number of hydrogen-bond acceptors (Lipinski definition) is 4. The summed E-state index contributed by atoms with van der Waals surface area (Å²) in [6, 6.07) is 0. The first-order valence-electron chi connectivity index (χ1n) is 12.0. The predicted molar refractivity (Wildman–Crippen MR) is 115 cm³/mol. The van der Waals surface area contributed by atoms with Gasteiger partial charge in [-0.3, -0.25) is 4.79 Å². The van der Waals surface area contributed by atoms with Gasteiger partial charge in [0.05, 0.1) is 12.7 Å². The van der Waals surface area contributed by atoms with Crippen LogP contribution in [0.5, 0.6) is 0 Å². The van der Waals surface area contributed by atoms with Gasteiger partial charge in [-0.15, -0.1) is 0 Å². The molecule has 0 spiro atoms. The molecule has 4 nitrogen and oxygen atoms in total. The third-order valence-corrected chi connectivity index (χ3v) is 9.76. The van der Waals surface area contributed by atoms with Crippen LogP contribution in [-0.2, 0) is 19.1 Å². The highest BCUT2D eigenvalue weighted by Gasteiger charge is 2.69. The summed E-state index contributed by atoms with van der Waals surface area (Å²) < 4.78 is 11.4. The van der Waals surface area contributed by atoms with Crippen LogP contribution in [0.25, 0.3) is 0 Å². The number of carbonyl (C=O) groups is 2. The highest BCUT2D eigenvalue weighted by molar-refractivity contribution is 5.92. The van der Waals surface area contributed by atoms with Crippen molar-refractivity contribution in [2.75, 3.05) is 6.61 Å². The maximum Gasteiger partial charge on any atom is 0.330 e. The smallest absolute Gasteiger partial charge is 0.330 e. The Morgan fingerprint density at radius 1 is 1.27 bits per heavy atom. The minimum atomic E-state index is -0.228. The number of fused-ring (bicyclic) bond motifs is 8. The summed E-state index contributed by atoms with van der Waals surface area (Å²) in [6.45, 7) is 9.47. The number of ketones is 1. The van der Waals surface area contributed by atoms with Crippen molar-refractivity contribution >= 4 is 11.8 Å². The standard InChI is InChI=1S/C26H36O4/c1-5-29-21(28)9-6-15(2)17-7-8-18-22-19(11-13-25(17,18)3)26(4)12-10-16(27)14-20(26)23-24(22)30-23/h6,9,14-15,17-19,22-24H,5,7-8,10-13H2,1-4H3/b9-6+/t15-,17-,18+,19+,22+,23?,24?,25-,26-/m1/s1. The number of rotatable bonds is 4. The molecule has 0 radical (unpaired) electrons. The quantitative estimate of drug-likeness (QED) is 0.375. The second-order valence-corrected chi connectivity index (χ2v) is 11.0. The van der Waals surface area contributed by atoms with Gasteiger partial charge in [0, 0.05) is 12.5 Å². The molecule has 30 heavy (non-hydrogen) atoms. The molecule has 1 aliphatic heterocycles. The summed E-state index contributed by atoms with van der Waals surface area (Å²) in [5, 5.41) is 0. The monoisotopic (exact) mass is 412 g/mol. The molecular formula is C26H36O4.